The molecule has 1 unspecified atom stereocenters. The number of hydrogen-bond acceptors (Lipinski definition) is 2. The maximum absolute atomic E-state index is 11.3. The minimum Gasteiger partial charge on any atom is -0.465 e. The lowest BCUT2D eigenvalue weighted by Gasteiger charge is -2.08. The van der Waals surface area contributed by atoms with E-state index < -0.39 is 0 Å². The number of carbonyl (C=O) groups is 1. The zero-order valence-corrected chi connectivity index (χ0v) is 11.0. The third-order valence-corrected chi connectivity index (χ3v) is 2.49. The Hall–Kier alpha value is -0.830. The van der Waals surface area contributed by atoms with Gasteiger partial charge in [0.1, 0.15) is 4.83 Å². The first-order chi connectivity index (χ1) is 7.25. The van der Waals surface area contributed by atoms with E-state index >= 15 is 0 Å². The van der Waals surface area contributed by atoms with Gasteiger partial charge in [-0.2, -0.15) is 0 Å². The number of rotatable bonds is 3. The molecule has 0 aliphatic carbocycles. The highest BCUT2D eigenvalue weighted by Crippen LogP contribution is 2.23. The average Bonchev–Trinajstić information content (AvgIpc) is 2.32. The van der Waals surface area contributed by atoms with Gasteiger partial charge in [0.25, 0.3) is 0 Å². The van der Waals surface area contributed by atoms with Crippen LogP contribution in [0.4, 0.5) is 0 Å². The quantitative estimate of drug-likeness (QED) is 0.620. The van der Waals surface area contributed by atoms with Gasteiger partial charge in [-0.05, 0) is 12.5 Å². The van der Waals surface area contributed by atoms with Gasteiger partial charge in [0.05, 0.1) is 6.61 Å². The molecule has 1 aromatic carbocycles. The molecule has 2 nitrogen and oxygen atoms in total. The van der Waals surface area contributed by atoms with Crippen LogP contribution in [0.3, 0.4) is 0 Å². The standard InChI is InChI=1S/C10H11BrO2.C2H6/c1-2-13-10(12)9(11)8-6-4-3-5-7-8;1-2/h3-7,9H,2H2,1H3;1-2H3. The molecule has 0 N–H and O–H groups in total. The molecular formula is C12H17BrO2. The molecule has 15 heavy (non-hydrogen) atoms. The van der Waals surface area contributed by atoms with Crippen molar-refractivity contribution >= 4 is 21.9 Å². The minimum absolute atomic E-state index is 0.242. The fourth-order valence-electron chi connectivity index (χ4n) is 0.974. The third kappa shape index (κ3) is 4.98. The van der Waals surface area contributed by atoms with E-state index in [1.807, 2.05) is 44.2 Å². The Balaban J connectivity index is 0.000000921. The van der Waals surface area contributed by atoms with Crippen LogP contribution in [0.15, 0.2) is 30.3 Å². The third-order valence-electron chi connectivity index (χ3n) is 1.59. The van der Waals surface area contributed by atoms with Gasteiger partial charge in [-0.25, -0.2) is 0 Å². The van der Waals surface area contributed by atoms with Crippen LogP contribution in [0, 0.1) is 0 Å². The summed E-state index contributed by atoms with van der Waals surface area (Å²) in [5.41, 5.74) is 0.918. The number of benzene rings is 1. The topological polar surface area (TPSA) is 26.3 Å². The van der Waals surface area contributed by atoms with Crippen molar-refractivity contribution in [2.45, 2.75) is 25.6 Å². The van der Waals surface area contributed by atoms with Crippen LogP contribution in [-0.2, 0) is 9.53 Å². The molecule has 0 saturated heterocycles. The summed E-state index contributed by atoms with van der Waals surface area (Å²) in [7, 11) is 0. The maximum atomic E-state index is 11.3. The van der Waals surface area contributed by atoms with E-state index in [1.165, 1.54) is 0 Å². The van der Waals surface area contributed by atoms with Crippen LogP contribution in [0.5, 0.6) is 0 Å². The Labute approximate surface area is 99.8 Å². The molecule has 0 spiro atoms. The highest BCUT2D eigenvalue weighted by molar-refractivity contribution is 9.09. The fourth-order valence-corrected chi connectivity index (χ4v) is 1.41. The zero-order valence-electron chi connectivity index (χ0n) is 9.37. The van der Waals surface area contributed by atoms with Gasteiger partial charge in [0.15, 0.2) is 0 Å². The van der Waals surface area contributed by atoms with Crippen molar-refractivity contribution in [1.29, 1.82) is 0 Å². The van der Waals surface area contributed by atoms with E-state index in [0.29, 0.717) is 6.61 Å². The zero-order chi connectivity index (χ0) is 11.7. The number of ether oxygens (including phenoxy) is 1. The average molecular weight is 273 g/mol. The molecule has 0 aliphatic heterocycles. The van der Waals surface area contributed by atoms with Gasteiger partial charge in [-0.1, -0.05) is 60.1 Å². The summed E-state index contributed by atoms with van der Waals surface area (Å²) in [5.74, 6) is -0.242. The van der Waals surface area contributed by atoms with Gasteiger partial charge >= 0.3 is 5.97 Å². The van der Waals surface area contributed by atoms with Gasteiger partial charge in [-0.3, -0.25) is 4.79 Å². The lowest BCUT2D eigenvalue weighted by atomic mass is 10.1. The predicted octanol–water partition coefficient (Wildman–Crippen LogP) is 3.71. The summed E-state index contributed by atoms with van der Waals surface area (Å²) in [6.45, 7) is 6.20. The molecule has 1 atom stereocenters. The molecule has 0 heterocycles. The minimum atomic E-state index is -0.353. The van der Waals surface area contributed by atoms with Crippen LogP contribution in [0.1, 0.15) is 31.2 Å². The van der Waals surface area contributed by atoms with Gasteiger partial charge in [0, 0.05) is 0 Å². The van der Waals surface area contributed by atoms with Crippen LogP contribution in [0.25, 0.3) is 0 Å². The highest BCUT2D eigenvalue weighted by atomic mass is 79.9. The van der Waals surface area contributed by atoms with E-state index in [4.69, 9.17) is 4.74 Å². The Kier molecular flexibility index (Phi) is 8.01. The second kappa shape index (κ2) is 8.48. The van der Waals surface area contributed by atoms with Crippen molar-refractivity contribution in [3.8, 4) is 0 Å². The normalized spacial score (nSPS) is 10.9. The summed E-state index contributed by atoms with van der Waals surface area (Å²) in [5, 5.41) is 0. The van der Waals surface area contributed by atoms with E-state index in [-0.39, 0.29) is 10.8 Å². The number of alkyl halides is 1. The summed E-state index contributed by atoms with van der Waals surface area (Å²) in [6, 6.07) is 9.46. The van der Waals surface area contributed by atoms with Crippen LogP contribution in [-0.4, -0.2) is 12.6 Å². The first kappa shape index (κ1) is 14.2. The van der Waals surface area contributed by atoms with E-state index in [9.17, 15) is 4.79 Å². The van der Waals surface area contributed by atoms with Gasteiger partial charge < -0.3 is 4.74 Å². The van der Waals surface area contributed by atoms with E-state index in [1.54, 1.807) is 6.92 Å². The molecule has 0 aliphatic rings. The monoisotopic (exact) mass is 272 g/mol. The second-order valence-electron chi connectivity index (χ2n) is 2.53. The van der Waals surface area contributed by atoms with Crippen molar-refractivity contribution in [2.24, 2.45) is 0 Å². The molecule has 3 heteroatoms. The Morgan fingerprint density at radius 2 is 1.87 bits per heavy atom. The predicted molar refractivity (Wildman–Crippen MR) is 66.1 cm³/mol. The molecule has 1 aromatic rings. The Morgan fingerprint density at radius 3 is 2.33 bits per heavy atom. The molecular weight excluding hydrogens is 256 g/mol. The van der Waals surface area contributed by atoms with Crippen molar-refractivity contribution in [1.82, 2.24) is 0 Å². The second-order valence-corrected chi connectivity index (χ2v) is 3.44. The lowest BCUT2D eigenvalue weighted by Crippen LogP contribution is -2.10. The van der Waals surface area contributed by atoms with E-state index in [2.05, 4.69) is 15.9 Å². The number of esters is 1. The van der Waals surface area contributed by atoms with Crippen LogP contribution < -0.4 is 0 Å². The number of hydrogen-bond donors (Lipinski definition) is 0. The summed E-state index contributed by atoms with van der Waals surface area (Å²) >= 11 is 3.28. The maximum Gasteiger partial charge on any atom is 0.324 e. The van der Waals surface area contributed by atoms with Crippen LogP contribution in [0.2, 0.25) is 0 Å². The van der Waals surface area contributed by atoms with Gasteiger partial charge in [0.2, 0.25) is 0 Å². The molecule has 0 aromatic heterocycles. The summed E-state index contributed by atoms with van der Waals surface area (Å²) < 4.78 is 4.87. The molecule has 84 valence electrons. The van der Waals surface area contributed by atoms with Gasteiger partial charge in [-0.15, -0.1) is 0 Å². The first-order valence-electron chi connectivity index (χ1n) is 5.11. The molecule has 0 bridgehead atoms. The lowest BCUT2D eigenvalue weighted by molar-refractivity contribution is -0.142. The molecule has 1 rings (SSSR count). The largest absolute Gasteiger partial charge is 0.465 e. The first-order valence-corrected chi connectivity index (χ1v) is 6.03. The van der Waals surface area contributed by atoms with Crippen molar-refractivity contribution in [3.63, 3.8) is 0 Å². The molecule has 0 fully saturated rings. The molecule has 0 amide bonds. The number of carbonyl (C=O) groups excluding carboxylic acids is 1. The Bertz CT molecular complexity index is 272. The summed E-state index contributed by atoms with van der Waals surface area (Å²) in [4.78, 5) is 10.9. The molecule has 0 saturated carbocycles. The SMILES string of the molecule is CC.CCOC(=O)C(Br)c1ccccc1. The van der Waals surface area contributed by atoms with Crippen LogP contribution >= 0.6 is 15.9 Å². The highest BCUT2D eigenvalue weighted by Gasteiger charge is 2.17. The van der Waals surface area contributed by atoms with Crippen molar-refractivity contribution < 1.29 is 9.53 Å². The number of halogens is 1. The van der Waals surface area contributed by atoms with Crippen molar-refractivity contribution in [3.05, 3.63) is 35.9 Å². The Morgan fingerprint density at radius 1 is 1.33 bits per heavy atom. The molecule has 0 radical (unpaired) electrons. The fraction of sp³-hybridized carbons (Fsp3) is 0.417. The summed E-state index contributed by atoms with van der Waals surface area (Å²) in [6.07, 6.45) is 0. The van der Waals surface area contributed by atoms with Crippen molar-refractivity contribution in [2.75, 3.05) is 6.61 Å². The smallest absolute Gasteiger partial charge is 0.324 e. The van der Waals surface area contributed by atoms with E-state index in [0.717, 1.165) is 5.56 Å².